The lowest BCUT2D eigenvalue weighted by molar-refractivity contribution is 1.14. The molecule has 0 aliphatic heterocycles. The minimum atomic E-state index is 0.688. The fourth-order valence-corrected chi connectivity index (χ4v) is 1.06. The van der Waals surface area contributed by atoms with Gasteiger partial charge in [-0.15, -0.1) is 0 Å². The molecule has 0 N–H and O–H groups in total. The maximum absolute atomic E-state index is 4.12. The van der Waals surface area contributed by atoms with Crippen molar-refractivity contribution < 1.29 is 0 Å². The lowest BCUT2D eigenvalue weighted by atomic mass is 10.2. The quantitative estimate of drug-likeness (QED) is 0.653. The molecule has 2 rings (SSSR count). The van der Waals surface area contributed by atoms with Gasteiger partial charge in [0.25, 0.3) is 0 Å². The van der Waals surface area contributed by atoms with Crippen LogP contribution in [0.2, 0.25) is 0 Å². The van der Waals surface area contributed by atoms with E-state index >= 15 is 0 Å². The Balaban J connectivity index is 2.48. The maximum Gasteiger partial charge on any atom is 0.159 e. The second-order valence-electron chi connectivity index (χ2n) is 2.64. The molecule has 1 radical (unpaired) electrons. The van der Waals surface area contributed by atoms with Crippen LogP contribution in [0.4, 0.5) is 0 Å². The highest BCUT2D eigenvalue weighted by atomic mass is 14.9. The van der Waals surface area contributed by atoms with Crippen LogP contribution in [0.3, 0.4) is 0 Å². The van der Waals surface area contributed by atoms with E-state index in [0.29, 0.717) is 5.82 Å². The summed E-state index contributed by atoms with van der Waals surface area (Å²) < 4.78 is 0. The van der Waals surface area contributed by atoms with Crippen LogP contribution in [0.5, 0.6) is 0 Å². The number of hydrogen-bond donors (Lipinski definition) is 0. The van der Waals surface area contributed by atoms with Crippen molar-refractivity contribution in [2.75, 3.05) is 0 Å². The minimum absolute atomic E-state index is 0.688. The van der Waals surface area contributed by atoms with Crippen LogP contribution in [0, 0.1) is 13.0 Å². The first-order chi connectivity index (χ1) is 6.36. The van der Waals surface area contributed by atoms with Gasteiger partial charge in [0.2, 0.25) is 0 Å². The maximum atomic E-state index is 4.12. The summed E-state index contributed by atoms with van der Waals surface area (Å²) in [4.78, 5) is 12.3. The summed E-state index contributed by atoms with van der Waals surface area (Å²) in [6.45, 7) is 1.90. The van der Waals surface area contributed by atoms with Crippen LogP contribution in [-0.2, 0) is 0 Å². The molecule has 2 aromatic rings. The Hall–Kier alpha value is -1.77. The van der Waals surface area contributed by atoms with Gasteiger partial charge >= 0.3 is 0 Å². The summed E-state index contributed by atoms with van der Waals surface area (Å²) in [5.41, 5.74) is 1.73. The highest BCUT2D eigenvalue weighted by Crippen LogP contribution is 2.11. The molecule has 3 heteroatoms. The van der Waals surface area contributed by atoms with E-state index in [2.05, 4.69) is 21.0 Å². The SMILES string of the molecule is Cc1[c]c(-c2ncccn2)ccn1. The third kappa shape index (κ3) is 1.69. The zero-order valence-corrected chi connectivity index (χ0v) is 7.23. The highest BCUT2D eigenvalue weighted by molar-refractivity contribution is 5.52. The average molecular weight is 170 g/mol. The Kier molecular flexibility index (Phi) is 2.00. The number of rotatable bonds is 1. The van der Waals surface area contributed by atoms with Crippen molar-refractivity contribution in [3.63, 3.8) is 0 Å². The van der Waals surface area contributed by atoms with Crippen LogP contribution >= 0.6 is 0 Å². The van der Waals surface area contributed by atoms with E-state index in [-0.39, 0.29) is 0 Å². The van der Waals surface area contributed by atoms with Gasteiger partial charge in [0.05, 0.1) is 0 Å². The second-order valence-corrected chi connectivity index (χ2v) is 2.64. The lowest BCUT2D eigenvalue weighted by Crippen LogP contribution is -1.88. The third-order valence-corrected chi connectivity index (χ3v) is 1.63. The molecule has 13 heavy (non-hydrogen) atoms. The smallest absolute Gasteiger partial charge is 0.159 e. The van der Waals surface area contributed by atoms with Crippen LogP contribution in [0.15, 0.2) is 30.7 Å². The van der Waals surface area contributed by atoms with Gasteiger partial charge in [-0.2, -0.15) is 0 Å². The Bertz CT molecular complexity index is 398. The van der Waals surface area contributed by atoms with E-state index in [1.807, 2.05) is 13.0 Å². The monoisotopic (exact) mass is 170 g/mol. The van der Waals surface area contributed by atoms with E-state index in [1.54, 1.807) is 24.7 Å². The molecule has 63 valence electrons. The van der Waals surface area contributed by atoms with Crippen LogP contribution in [0.1, 0.15) is 5.69 Å². The Labute approximate surface area is 76.5 Å². The predicted molar refractivity (Wildman–Crippen MR) is 48.8 cm³/mol. The van der Waals surface area contributed by atoms with Gasteiger partial charge in [-0.1, -0.05) is 0 Å². The van der Waals surface area contributed by atoms with Crippen LogP contribution in [-0.4, -0.2) is 15.0 Å². The van der Waals surface area contributed by atoms with Crippen molar-refractivity contribution in [2.45, 2.75) is 6.92 Å². The van der Waals surface area contributed by atoms with E-state index < -0.39 is 0 Å². The standard InChI is InChI=1S/C10H8N3/c1-8-7-9(3-6-11-8)10-12-4-2-5-13-10/h2-6H,1H3. The molecule has 0 atom stereocenters. The summed E-state index contributed by atoms with van der Waals surface area (Å²) in [7, 11) is 0. The molecular formula is C10H8N3. The molecule has 0 saturated heterocycles. The van der Waals surface area contributed by atoms with Gasteiger partial charge in [-0.3, -0.25) is 4.98 Å². The number of nitrogens with zero attached hydrogens (tertiary/aromatic N) is 3. The molecule has 2 aromatic heterocycles. The molecule has 0 aromatic carbocycles. The fraction of sp³-hybridized carbons (Fsp3) is 0.100. The number of pyridine rings is 1. The first-order valence-electron chi connectivity index (χ1n) is 3.98. The molecular weight excluding hydrogens is 162 g/mol. The summed E-state index contributed by atoms with van der Waals surface area (Å²) in [5, 5.41) is 0. The summed E-state index contributed by atoms with van der Waals surface area (Å²) in [6.07, 6.45) is 5.16. The number of aromatic nitrogens is 3. The van der Waals surface area contributed by atoms with E-state index in [9.17, 15) is 0 Å². The van der Waals surface area contributed by atoms with Gasteiger partial charge in [0, 0.05) is 35.9 Å². The number of hydrogen-bond acceptors (Lipinski definition) is 3. The molecule has 0 spiro atoms. The summed E-state index contributed by atoms with van der Waals surface area (Å²) >= 11 is 0. The van der Waals surface area contributed by atoms with Gasteiger partial charge in [-0.05, 0) is 19.1 Å². The Morgan fingerprint density at radius 3 is 2.54 bits per heavy atom. The first-order valence-corrected chi connectivity index (χ1v) is 3.98. The topological polar surface area (TPSA) is 38.7 Å². The van der Waals surface area contributed by atoms with E-state index in [0.717, 1.165) is 11.3 Å². The Morgan fingerprint density at radius 1 is 1.08 bits per heavy atom. The van der Waals surface area contributed by atoms with Crippen molar-refractivity contribution >= 4 is 0 Å². The largest absolute Gasteiger partial charge is 0.261 e. The number of aryl methyl sites for hydroxylation is 1. The molecule has 0 amide bonds. The molecule has 0 aliphatic carbocycles. The molecule has 0 saturated carbocycles. The van der Waals surface area contributed by atoms with E-state index in [1.165, 1.54) is 0 Å². The zero-order chi connectivity index (χ0) is 9.10. The van der Waals surface area contributed by atoms with Crippen LogP contribution < -0.4 is 0 Å². The van der Waals surface area contributed by atoms with E-state index in [4.69, 9.17) is 0 Å². The molecule has 0 bridgehead atoms. The van der Waals surface area contributed by atoms with Crippen molar-refractivity contribution in [2.24, 2.45) is 0 Å². The second kappa shape index (κ2) is 3.31. The molecule has 2 heterocycles. The van der Waals surface area contributed by atoms with Crippen molar-refractivity contribution in [1.29, 1.82) is 0 Å². The normalized spacial score (nSPS) is 9.92. The van der Waals surface area contributed by atoms with Crippen molar-refractivity contribution in [1.82, 2.24) is 15.0 Å². The van der Waals surface area contributed by atoms with Crippen LogP contribution in [0.25, 0.3) is 11.4 Å². The molecule has 3 nitrogen and oxygen atoms in total. The summed E-state index contributed by atoms with van der Waals surface area (Å²) in [6, 6.07) is 6.73. The molecule has 0 unspecified atom stereocenters. The fourth-order valence-electron chi connectivity index (χ4n) is 1.06. The highest BCUT2D eigenvalue weighted by Gasteiger charge is 1.99. The third-order valence-electron chi connectivity index (χ3n) is 1.63. The van der Waals surface area contributed by atoms with Gasteiger partial charge in [-0.25, -0.2) is 9.97 Å². The first kappa shape index (κ1) is 7.86. The lowest BCUT2D eigenvalue weighted by Gasteiger charge is -1.97. The Morgan fingerprint density at radius 2 is 1.85 bits per heavy atom. The van der Waals surface area contributed by atoms with Gasteiger partial charge in [0.1, 0.15) is 0 Å². The molecule has 0 aliphatic rings. The van der Waals surface area contributed by atoms with Crippen molar-refractivity contribution in [3.8, 4) is 11.4 Å². The van der Waals surface area contributed by atoms with Crippen molar-refractivity contribution in [3.05, 3.63) is 42.5 Å². The molecule has 0 fully saturated rings. The van der Waals surface area contributed by atoms with Gasteiger partial charge < -0.3 is 0 Å². The minimum Gasteiger partial charge on any atom is -0.261 e. The van der Waals surface area contributed by atoms with Gasteiger partial charge in [0.15, 0.2) is 5.82 Å². The zero-order valence-electron chi connectivity index (χ0n) is 7.23. The summed E-state index contributed by atoms with van der Waals surface area (Å²) in [5.74, 6) is 0.688. The predicted octanol–water partition coefficient (Wildman–Crippen LogP) is 1.65. The average Bonchev–Trinajstić information content (AvgIpc) is 2.19.